The summed E-state index contributed by atoms with van der Waals surface area (Å²) in [5, 5.41) is 0. The molecule has 9 heteroatoms. The van der Waals surface area contributed by atoms with Crippen LogP contribution in [0.15, 0.2) is 0 Å². The first-order valence-corrected chi connectivity index (χ1v) is 11.8. The van der Waals surface area contributed by atoms with Crippen molar-refractivity contribution >= 4 is 29.5 Å². The molecular weight excluding hydrogens is 437 g/mol. The Morgan fingerprint density at radius 2 is 1.54 bits per heavy atom. The van der Waals surface area contributed by atoms with E-state index in [1.54, 1.807) is 0 Å². The molecule has 6 nitrogen and oxygen atoms in total. The zero-order chi connectivity index (χ0) is 19.6. The minimum atomic E-state index is -2.31. The van der Waals surface area contributed by atoms with Crippen molar-refractivity contribution in [2.75, 3.05) is 13.3 Å². The van der Waals surface area contributed by atoms with Gasteiger partial charge in [0, 0.05) is 44.0 Å². The third kappa shape index (κ3) is 7.10. The molecular formula is C19H38O6P2V. The van der Waals surface area contributed by atoms with Crippen molar-refractivity contribution in [3.8, 4) is 0 Å². The first-order chi connectivity index (χ1) is 12.1. The van der Waals surface area contributed by atoms with Gasteiger partial charge in [-0.25, -0.2) is 0 Å². The van der Waals surface area contributed by atoms with Gasteiger partial charge < -0.3 is 23.3 Å². The zero-order valence-corrected chi connectivity index (χ0v) is 22.0. The average Bonchev–Trinajstić information content (AvgIpc) is 2.97. The van der Waals surface area contributed by atoms with E-state index in [4.69, 9.17) is 23.3 Å². The van der Waals surface area contributed by atoms with Crippen LogP contribution in [-0.4, -0.2) is 62.2 Å². The van der Waals surface area contributed by atoms with E-state index in [0.29, 0.717) is 12.5 Å². The number of hydrogen-bond acceptors (Lipinski definition) is 6. The molecule has 0 aromatic rings. The topological polar surface area (TPSA) is 63.2 Å². The van der Waals surface area contributed by atoms with Gasteiger partial charge in [0.2, 0.25) is 0 Å². The standard InChI is InChI=1S/C19H35O6P.H3P.V/c1-9-16-19(12(3)14(5)22-16)25-26(7,8)21-10-17-18(24-15(6)20)11(2)13(4)23-17;;/h11-14,16-19H,7,9-10H2,1-6,8H3;1H3;. The first kappa shape index (κ1) is 28.6. The van der Waals surface area contributed by atoms with Crippen molar-refractivity contribution in [1.29, 1.82) is 0 Å². The number of rotatable bonds is 7. The summed E-state index contributed by atoms with van der Waals surface area (Å²) in [6.07, 6.45) is 4.72. The van der Waals surface area contributed by atoms with Crippen LogP contribution in [0.1, 0.15) is 48.0 Å². The second-order valence-electron chi connectivity index (χ2n) is 7.84. The van der Waals surface area contributed by atoms with Crippen LogP contribution in [0.2, 0.25) is 0 Å². The Morgan fingerprint density at radius 3 is 2.04 bits per heavy atom. The second kappa shape index (κ2) is 11.9. The maximum absolute atomic E-state index is 11.4. The van der Waals surface area contributed by atoms with Crippen molar-refractivity contribution in [2.45, 2.75) is 84.6 Å². The Hall–Kier alpha value is 0.624. The van der Waals surface area contributed by atoms with Crippen molar-refractivity contribution in [2.24, 2.45) is 11.8 Å². The Morgan fingerprint density at radius 1 is 1.04 bits per heavy atom. The molecule has 165 valence electrons. The largest absolute Gasteiger partial charge is 0.459 e. The van der Waals surface area contributed by atoms with Crippen LogP contribution in [0.4, 0.5) is 0 Å². The summed E-state index contributed by atoms with van der Waals surface area (Å²) >= 11 is 0. The van der Waals surface area contributed by atoms with Crippen LogP contribution >= 0.6 is 17.2 Å². The normalized spacial score (nSPS) is 39.5. The Balaban J connectivity index is 0.00000364. The monoisotopic (exact) mass is 475 g/mol. The van der Waals surface area contributed by atoms with E-state index in [1.807, 2.05) is 20.5 Å². The summed E-state index contributed by atoms with van der Waals surface area (Å²) in [6, 6.07) is 0. The molecule has 10 atom stereocenters. The Bertz CT molecular complexity index is 549. The molecule has 0 aliphatic carbocycles. The van der Waals surface area contributed by atoms with E-state index in [0.717, 1.165) is 6.42 Å². The van der Waals surface area contributed by atoms with E-state index >= 15 is 0 Å². The SMILES string of the molecule is C=P(C)(OCC1OC(C)C(C)C1OC(C)=O)OC1C(CC)OC(C)C1C.P.[V]. The smallest absolute Gasteiger partial charge is 0.303 e. The van der Waals surface area contributed by atoms with E-state index in [-0.39, 0.29) is 77.0 Å². The summed E-state index contributed by atoms with van der Waals surface area (Å²) in [7, 11) is -2.31. The van der Waals surface area contributed by atoms with Crippen molar-refractivity contribution in [3.63, 3.8) is 0 Å². The van der Waals surface area contributed by atoms with E-state index in [9.17, 15) is 4.79 Å². The second-order valence-corrected chi connectivity index (χ2v) is 10.3. The van der Waals surface area contributed by atoms with Gasteiger partial charge in [-0.3, -0.25) is 4.79 Å². The molecule has 1 radical (unpaired) electrons. The maximum atomic E-state index is 11.4. The van der Waals surface area contributed by atoms with Crippen molar-refractivity contribution in [3.05, 3.63) is 0 Å². The third-order valence-electron chi connectivity index (χ3n) is 5.59. The number of ether oxygens (including phenoxy) is 3. The van der Waals surface area contributed by atoms with Gasteiger partial charge >= 0.3 is 5.97 Å². The maximum Gasteiger partial charge on any atom is 0.303 e. The fourth-order valence-corrected chi connectivity index (χ4v) is 5.05. The van der Waals surface area contributed by atoms with Gasteiger partial charge in [-0.2, -0.15) is 9.90 Å². The fourth-order valence-electron chi connectivity index (χ4n) is 3.69. The molecule has 2 saturated heterocycles. The molecule has 0 bridgehead atoms. The van der Waals surface area contributed by atoms with Crippen LogP contribution < -0.4 is 0 Å². The Labute approximate surface area is 185 Å². The van der Waals surface area contributed by atoms with Gasteiger partial charge in [-0.15, -0.1) is 0 Å². The van der Waals surface area contributed by atoms with Gasteiger partial charge in [0.05, 0.1) is 31.0 Å². The predicted molar refractivity (Wildman–Crippen MR) is 115 cm³/mol. The first-order valence-electron chi connectivity index (χ1n) is 9.57. The average molecular weight is 475 g/mol. The molecule has 0 aromatic heterocycles. The molecule has 2 heterocycles. The number of esters is 1. The molecule has 0 amide bonds. The quantitative estimate of drug-likeness (QED) is 0.415. The molecule has 0 saturated carbocycles. The molecule has 10 unspecified atom stereocenters. The van der Waals surface area contributed by atoms with Gasteiger partial charge in [0.15, 0.2) is 0 Å². The zero-order valence-electron chi connectivity index (χ0n) is 18.3. The minimum absolute atomic E-state index is 0. The van der Waals surface area contributed by atoms with Crippen molar-refractivity contribution in [1.82, 2.24) is 0 Å². The molecule has 0 aromatic carbocycles. The number of hydrogen-bond donors (Lipinski definition) is 0. The molecule has 28 heavy (non-hydrogen) atoms. The minimum Gasteiger partial charge on any atom is -0.459 e. The summed E-state index contributed by atoms with van der Waals surface area (Å²) in [6.45, 7) is 14.0. The van der Waals surface area contributed by atoms with Crippen LogP contribution in [0.3, 0.4) is 0 Å². The Kier molecular flexibility index (Phi) is 12.1. The van der Waals surface area contributed by atoms with Gasteiger partial charge in [0.25, 0.3) is 0 Å². The molecule has 2 aliphatic heterocycles. The van der Waals surface area contributed by atoms with Crippen LogP contribution in [0, 0.1) is 11.8 Å². The third-order valence-corrected chi connectivity index (χ3v) is 6.97. The molecule has 0 N–H and O–H groups in total. The molecule has 2 aliphatic rings. The van der Waals surface area contributed by atoms with Crippen LogP contribution in [0.25, 0.3) is 0 Å². The summed E-state index contributed by atoms with van der Waals surface area (Å²) < 4.78 is 29.7. The number of carbonyl (C=O) groups excluding carboxylic acids is 1. The van der Waals surface area contributed by atoms with E-state index in [1.165, 1.54) is 6.92 Å². The van der Waals surface area contributed by atoms with Crippen LogP contribution in [-0.2, 0) is 46.6 Å². The fraction of sp³-hybridized carbons (Fsp3) is 0.895. The van der Waals surface area contributed by atoms with Crippen molar-refractivity contribution < 1.29 is 46.6 Å². The van der Waals surface area contributed by atoms with Crippen LogP contribution in [0.5, 0.6) is 0 Å². The van der Waals surface area contributed by atoms with E-state index in [2.05, 4.69) is 27.1 Å². The molecule has 0 spiro atoms. The molecule has 2 fully saturated rings. The molecule has 2 rings (SSSR count). The number of carbonyl (C=O) groups is 1. The van der Waals surface area contributed by atoms with Gasteiger partial charge in [0.1, 0.15) is 19.5 Å². The van der Waals surface area contributed by atoms with Gasteiger partial charge in [-0.1, -0.05) is 27.1 Å². The van der Waals surface area contributed by atoms with E-state index < -0.39 is 7.34 Å². The summed E-state index contributed by atoms with van der Waals surface area (Å²) in [5.41, 5.74) is 0. The summed E-state index contributed by atoms with van der Waals surface area (Å²) in [5.74, 6) is 0.113. The van der Waals surface area contributed by atoms with Gasteiger partial charge in [-0.05, 0) is 20.3 Å². The summed E-state index contributed by atoms with van der Waals surface area (Å²) in [4.78, 5) is 11.4. The predicted octanol–water partition coefficient (Wildman–Crippen LogP) is 3.54.